The van der Waals surface area contributed by atoms with E-state index in [1.165, 1.54) is 4.57 Å². The van der Waals surface area contributed by atoms with Gasteiger partial charge in [0.1, 0.15) is 0 Å². The number of hydrogen-bond donors (Lipinski definition) is 0. The molecule has 2 aromatic rings. The van der Waals surface area contributed by atoms with Crippen molar-refractivity contribution in [3.05, 3.63) is 43.2 Å². The Bertz CT molecular complexity index is 735. The molecule has 4 nitrogen and oxygen atoms in total. The van der Waals surface area contributed by atoms with Crippen LogP contribution in [0.15, 0.2) is 14.0 Å². The Hall–Kier alpha value is -1.84. The van der Waals surface area contributed by atoms with E-state index < -0.39 is 11.4 Å². The first-order chi connectivity index (χ1) is 7.86. The summed E-state index contributed by atoms with van der Waals surface area (Å²) in [4.78, 5) is 23.3. The molecule has 0 aliphatic heterocycles. The lowest BCUT2D eigenvalue weighted by Gasteiger charge is -2.14. The van der Waals surface area contributed by atoms with Crippen LogP contribution in [-0.2, 0) is 7.05 Å². The molecule has 0 spiro atoms. The minimum Gasteiger partial charge on any atom is -0.372 e. The summed E-state index contributed by atoms with van der Waals surface area (Å²) < 4.78 is 6.10. The van der Waals surface area contributed by atoms with Crippen LogP contribution in [-0.4, -0.2) is 4.57 Å². The molecule has 0 aliphatic carbocycles. The summed E-state index contributed by atoms with van der Waals surface area (Å²) in [6.45, 7) is 7.77. The zero-order valence-electron chi connectivity index (χ0n) is 10.7. The quantitative estimate of drug-likeness (QED) is 0.696. The zero-order valence-corrected chi connectivity index (χ0v) is 10.7. The largest absolute Gasteiger partial charge is 0.422 e. The first-order valence-electron chi connectivity index (χ1n) is 5.46. The summed E-state index contributed by atoms with van der Waals surface area (Å²) in [5.41, 5.74) is 4.14. The van der Waals surface area contributed by atoms with Crippen LogP contribution in [0.2, 0.25) is 0 Å². The lowest BCUT2D eigenvalue weighted by Crippen LogP contribution is -2.24. The van der Waals surface area contributed by atoms with Crippen LogP contribution in [0, 0.1) is 27.7 Å². The van der Waals surface area contributed by atoms with E-state index in [4.69, 9.17) is 4.42 Å². The fourth-order valence-electron chi connectivity index (χ4n) is 2.25. The molecular formula is C13H15NO3. The van der Waals surface area contributed by atoms with Crippen LogP contribution >= 0.6 is 0 Å². The molecule has 0 N–H and O–H groups in total. The van der Waals surface area contributed by atoms with Crippen LogP contribution in [0.5, 0.6) is 0 Å². The molecule has 4 heteroatoms. The van der Waals surface area contributed by atoms with Crippen molar-refractivity contribution < 1.29 is 4.42 Å². The minimum absolute atomic E-state index is 0.507. The highest BCUT2D eigenvalue weighted by Gasteiger charge is 2.15. The van der Waals surface area contributed by atoms with Crippen molar-refractivity contribution in [2.24, 2.45) is 7.05 Å². The van der Waals surface area contributed by atoms with Gasteiger partial charge in [-0.3, -0.25) is 4.57 Å². The third kappa shape index (κ3) is 1.44. The SMILES string of the molecule is Cc1c(C)c(C)c2c(c1C)c(=O)oc(=O)n2C. The van der Waals surface area contributed by atoms with Gasteiger partial charge in [0.05, 0.1) is 10.9 Å². The number of aromatic nitrogens is 1. The lowest BCUT2D eigenvalue weighted by atomic mass is 9.95. The van der Waals surface area contributed by atoms with Crippen molar-refractivity contribution in [3.8, 4) is 0 Å². The van der Waals surface area contributed by atoms with E-state index in [9.17, 15) is 9.59 Å². The molecule has 0 atom stereocenters. The van der Waals surface area contributed by atoms with Gasteiger partial charge >= 0.3 is 11.4 Å². The van der Waals surface area contributed by atoms with Crippen LogP contribution in [0.3, 0.4) is 0 Å². The molecule has 0 unspecified atom stereocenters. The molecule has 2 rings (SSSR count). The molecule has 17 heavy (non-hydrogen) atoms. The maximum atomic E-state index is 11.8. The Labute approximate surface area is 98.5 Å². The van der Waals surface area contributed by atoms with Crippen molar-refractivity contribution in [2.45, 2.75) is 27.7 Å². The van der Waals surface area contributed by atoms with Crippen molar-refractivity contribution in [1.29, 1.82) is 0 Å². The smallest absolute Gasteiger partial charge is 0.372 e. The molecule has 1 aromatic heterocycles. The predicted octanol–water partition coefficient (Wildman–Crippen LogP) is 1.73. The summed E-state index contributed by atoms with van der Waals surface area (Å²) in [7, 11) is 1.62. The van der Waals surface area contributed by atoms with Gasteiger partial charge in [-0.15, -0.1) is 0 Å². The van der Waals surface area contributed by atoms with Gasteiger partial charge in [0.2, 0.25) is 0 Å². The van der Waals surface area contributed by atoms with E-state index >= 15 is 0 Å². The molecule has 1 aromatic carbocycles. The summed E-state index contributed by atoms with van der Waals surface area (Å²) >= 11 is 0. The standard InChI is InChI=1S/C13H15NO3/c1-6-7(2)9(4)11-10(8(6)3)12(15)17-13(16)14(11)5/h1-5H3. The van der Waals surface area contributed by atoms with Gasteiger partial charge in [0, 0.05) is 7.05 Å². The van der Waals surface area contributed by atoms with Gasteiger partial charge in [-0.2, -0.15) is 0 Å². The van der Waals surface area contributed by atoms with Gasteiger partial charge in [-0.25, -0.2) is 9.59 Å². The first-order valence-corrected chi connectivity index (χ1v) is 5.46. The number of benzene rings is 1. The van der Waals surface area contributed by atoms with Crippen molar-refractivity contribution in [1.82, 2.24) is 4.57 Å². The van der Waals surface area contributed by atoms with Gasteiger partial charge in [-0.05, 0) is 49.9 Å². The molecule has 0 radical (unpaired) electrons. The van der Waals surface area contributed by atoms with E-state index in [0.717, 1.165) is 22.3 Å². The fourth-order valence-corrected chi connectivity index (χ4v) is 2.25. The molecule has 0 saturated heterocycles. The topological polar surface area (TPSA) is 52.2 Å². The average Bonchev–Trinajstić information content (AvgIpc) is 2.28. The van der Waals surface area contributed by atoms with Crippen LogP contribution in [0.4, 0.5) is 0 Å². The van der Waals surface area contributed by atoms with Gasteiger partial charge in [0.25, 0.3) is 0 Å². The lowest BCUT2D eigenvalue weighted by molar-refractivity contribution is 0.432. The van der Waals surface area contributed by atoms with Crippen LogP contribution in [0.1, 0.15) is 22.3 Å². The molecular weight excluding hydrogens is 218 g/mol. The number of hydrogen-bond acceptors (Lipinski definition) is 3. The number of aryl methyl sites for hydroxylation is 3. The van der Waals surface area contributed by atoms with E-state index in [1.807, 2.05) is 27.7 Å². The van der Waals surface area contributed by atoms with E-state index in [1.54, 1.807) is 7.05 Å². The Kier molecular flexibility index (Phi) is 2.45. The maximum absolute atomic E-state index is 11.8. The van der Waals surface area contributed by atoms with Crippen LogP contribution < -0.4 is 11.4 Å². The summed E-state index contributed by atoms with van der Waals surface area (Å²) in [6.07, 6.45) is 0. The second-order valence-corrected chi connectivity index (χ2v) is 4.44. The molecule has 0 aliphatic rings. The molecule has 90 valence electrons. The van der Waals surface area contributed by atoms with Crippen molar-refractivity contribution >= 4 is 10.9 Å². The maximum Gasteiger partial charge on any atom is 0.422 e. The zero-order chi connectivity index (χ0) is 12.9. The summed E-state index contributed by atoms with van der Waals surface area (Å²) in [5.74, 6) is -0.617. The first kappa shape index (κ1) is 11.6. The second kappa shape index (κ2) is 3.58. The normalized spacial score (nSPS) is 11.1. The Morgan fingerprint density at radius 3 is 2.00 bits per heavy atom. The Balaban J connectivity index is 3.29. The van der Waals surface area contributed by atoms with E-state index in [0.29, 0.717) is 10.9 Å². The van der Waals surface area contributed by atoms with Crippen LogP contribution in [0.25, 0.3) is 10.9 Å². The van der Waals surface area contributed by atoms with Gasteiger partial charge in [0.15, 0.2) is 0 Å². The minimum atomic E-state index is -0.617. The van der Waals surface area contributed by atoms with Gasteiger partial charge < -0.3 is 4.42 Å². The second-order valence-electron chi connectivity index (χ2n) is 4.44. The highest BCUT2D eigenvalue weighted by molar-refractivity contribution is 5.86. The summed E-state index contributed by atoms with van der Waals surface area (Å²) in [5, 5.41) is 0.507. The molecule has 0 fully saturated rings. The Morgan fingerprint density at radius 1 is 0.882 bits per heavy atom. The number of fused-ring (bicyclic) bond motifs is 1. The molecule has 1 heterocycles. The third-order valence-corrected chi connectivity index (χ3v) is 3.65. The van der Waals surface area contributed by atoms with Crippen molar-refractivity contribution in [3.63, 3.8) is 0 Å². The molecule has 0 amide bonds. The van der Waals surface area contributed by atoms with Gasteiger partial charge in [-0.1, -0.05) is 0 Å². The Morgan fingerprint density at radius 2 is 1.41 bits per heavy atom. The average molecular weight is 233 g/mol. The number of nitrogens with zero attached hydrogens (tertiary/aromatic N) is 1. The monoisotopic (exact) mass is 233 g/mol. The van der Waals surface area contributed by atoms with Crippen molar-refractivity contribution in [2.75, 3.05) is 0 Å². The van der Waals surface area contributed by atoms with E-state index in [-0.39, 0.29) is 0 Å². The molecule has 0 saturated carbocycles. The predicted molar refractivity (Wildman–Crippen MR) is 66.7 cm³/mol. The fraction of sp³-hybridized carbons (Fsp3) is 0.385. The number of rotatable bonds is 0. The highest BCUT2D eigenvalue weighted by Crippen LogP contribution is 2.25. The highest BCUT2D eigenvalue weighted by atomic mass is 16.4. The van der Waals surface area contributed by atoms with E-state index in [2.05, 4.69) is 0 Å². The summed E-state index contributed by atoms with van der Waals surface area (Å²) in [6, 6.07) is 0. The molecule has 0 bridgehead atoms. The third-order valence-electron chi connectivity index (χ3n) is 3.65.